The maximum Gasteiger partial charge on any atom is 0.221 e. The van der Waals surface area contributed by atoms with E-state index in [-0.39, 0.29) is 7.92 Å². The van der Waals surface area contributed by atoms with Gasteiger partial charge in [0.2, 0.25) is 5.69 Å². The average Bonchev–Trinajstić information content (AvgIpc) is 2.70. The van der Waals surface area contributed by atoms with Gasteiger partial charge < -0.3 is 0 Å². The molecule has 3 aromatic carbocycles. The molecule has 0 radical (unpaired) electrons. The molecule has 6 rings (SSSR count). The third-order valence-electron chi connectivity index (χ3n) is 6.70. The number of benzene rings is 3. The Balaban J connectivity index is 1.91. The quantitative estimate of drug-likeness (QED) is 0.314. The Morgan fingerprint density at radius 3 is 2.70 bits per heavy atom. The van der Waals surface area contributed by atoms with Crippen LogP contribution < -0.4 is 15.2 Å². The molecule has 1 atom stereocenters. The molecule has 27 heavy (non-hydrogen) atoms. The van der Waals surface area contributed by atoms with Gasteiger partial charge in [0.25, 0.3) is 0 Å². The zero-order valence-corrected chi connectivity index (χ0v) is 17.0. The van der Waals surface area contributed by atoms with E-state index in [9.17, 15) is 0 Å². The monoisotopic (exact) mass is 368 g/mol. The van der Waals surface area contributed by atoms with Crippen LogP contribution in [-0.4, -0.2) is 6.66 Å². The molecule has 4 aromatic rings. The number of rotatable bonds is 0. The van der Waals surface area contributed by atoms with Crippen molar-refractivity contribution in [3.63, 3.8) is 0 Å². The van der Waals surface area contributed by atoms with Gasteiger partial charge in [-0.3, -0.25) is 0 Å². The first kappa shape index (κ1) is 15.8. The highest BCUT2D eigenvalue weighted by molar-refractivity contribution is 7.73. The molecule has 2 heterocycles. The lowest BCUT2D eigenvalue weighted by atomic mass is 9.83. The predicted octanol–water partition coefficient (Wildman–Crippen LogP) is 4.66. The summed E-state index contributed by atoms with van der Waals surface area (Å²) in [5.41, 5.74) is 7.62. The largest absolute Gasteiger partial charge is 0.221 e. The Hall–Kier alpha value is -2.24. The summed E-state index contributed by atoms with van der Waals surface area (Å²) >= 11 is 0. The summed E-state index contributed by atoms with van der Waals surface area (Å²) in [5.74, 6) is 0. The van der Waals surface area contributed by atoms with Crippen LogP contribution in [0.5, 0.6) is 0 Å². The molecule has 132 valence electrons. The van der Waals surface area contributed by atoms with E-state index >= 15 is 0 Å². The van der Waals surface area contributed by atoms with Crippen molar-refractivity contribution in [3.05, 3.63) is 65.4 Å². The van der Waals surface area contributed by atoms with Crippen LogP contribution in [0.3, 0.4) is 0 Å². The van der Waals surface area contributed by atoms with Crippen LogP contribution in [0.1, 0.15) is 23.1 Å². The highest BCUT2D eigenvalue weighted by atomic mass is 31.1. The number of hydrogen-bond donors (Lipinski definition) is 0. The number of pyridine rings is 1. The molecule has 0 fully saturated rings. The fraction of sp³-hybridized carbons (Fsp3) is 0.240. The zero-order valence-electron chi connectivity index (χ0n) is 16.1. The number of hydrogen-bond acceptors (Lipinski definition) is 0. The first-order valence-electron chi connectivity index (χ1n) is 9.89. The molecule has 2 heteroatoms. The normalized spacial score (nSPS) is 17.4. The van der Waals surface area contributed by atoms with Crippen molar-refractivity contribution in [2.24, 2.45) is 7.05 Å². The summed E-state index contributed by atoms with van der Waals surface area (Å²) < 4.78 is 2.35. The number of fused-ring (bicyclic) bond motifs is 3. The smallest absolute Gasteiger partial charge is 0.200 e. The minimum absolute atomic E-state index is 0.333. The highest BCUT2D eigenvalue weighted by Crippen LogP contribution is 2.48. The second-order valence-electron chi connectivity index (χ2n) is 8.10. The predicted molar refractivity (Wildman–Crippen MR) is 117 cm³/mol. The Morgan fingerprint density at radius 1 is 0.963 bits per heavy atom. The van der Waals surface area contributed by atoms with Crippen LogP contribution in [0, 0.1) is 6.92 Å². The Kier molecular flexibility index (Phi) is 3.15. The first-order valence-corrected chi connectivity index (χ1v) is 11.7. The van der Waals surface area contributed by atoms with E-state index in [1.807, 2.05) is 0 Å². The van der Waals surface area contributed by atoms with Gasteiger partial charge in [0.1, 0.15) is 7.05 Å². The van der Waals surface area contributed by atoms with E-state index in [0.29, 0.717) is 0 Å². The van der Waals surface area contributed by atoms with Gasteiger partial charge in [-0.15, -0.1) is 0 Å². The van der Waals surface area contributed by atoms with Gasteiger partial charge in [-0.05, 0) is 84.2 Å². The van der Waals surface area contributed by atoms with Gasteiger partial charge in [-0.25, -0.2) is 4.57 Å². The fourth-order valence-corrected chi connectivity index (χ4v) is 7.87. The molecule has 1 aliphatic carbocycles. The third kappa shape index (κ3) is 1.91. The molecule has 0 spiro atoms. The van der Waals surface area contributed by atoms with E-state index in [0.717, 1.165) is 0 Å². The standard InChI is InChI=1S/C25H23NP/c1-15-18-10-4-7-16-8-5-11-19(22(16)18)25-21(15)24-23-17(13-14-26(24)2)9-6-12-20(23)27(25)3/h4,6-7,9-10,12-14H,5,8,11H2,1-3H3/q+1. The number of aryl methyl sites for hydroxylation is 4. The molecule has 1 unspecified atom stereocenters. The fourth-order valence-electron chi connectivity index (χ4n) is 5.52. The SMILES string of the molecule is Cc1c2c(c3c4c(cccc14)CCC3)P(C)c1cccc3cc[n+](C)c-2c13. The van der Waals surface area contributed by atoms with Crippen molar-refractivity contribution in [2.75, 3.05) is 6.66 Å². The highest BCUT2D eigenvalue weighted by Gasteiger charge is 2.35. The molecular weight excluding hydrogens is 345 g/mol. The maximum atomic E-state index is 2.48. The van der Waals surface area contributed by atoms with Crippen molar-refractivity contribution >= 4 is 40.1 Å². The van der Waals surface area contributed by atoms with Gasteiger partial charge in [0.05, 0.1) is 10.9 Å². The van der Waals surface area contributed by atoms with Gasteiger partial charge in [0, 0.05) is 6.07 Å². The van der Waals surface area contributed by atoms with Gasteiger partial charge in [-0.1, -0.05) is 36.4 Å². The second kappa shape index (κ2) is 5.40. The minimum Gasteiger partial charge on any atom is -0.200 e. The average molecular weight is 368 g/mol. The summed E-state index contributed by atoms with van der Waals surface area (Å²) in [4.78, 5) is 0. The Labute approximate surface area is 161 Å². The molecule has 0 N–H and O–H groups in total. The van der Waals surface area contributed by atoms with Crippen molar-refractivity contribution in [1.82, 2.24) is 0 Å². The van der Waals surface area contributed by atoms with Crippen LogP contribution in [0.2, 0.25) is 0 Å². The van der Waals surface area contributed by atoms with E-state index in [1.54, 1.807) is 27.1 Å². The second-order valence-corrected chi connectivity index (χ2v) is 10.1. The van der Waals surface area contributed by atoms with Gasteiger partial charge in [0.15, 0.2) is 6.20 Å². The van der Waals surface area contributed by atoms with E-state index in [2.05, 4.69) is 73.9 Å². The molecule has 0 amide bonds. The zero-order chi connectivity index (χ0) is 18.3. The lowest BCUT2D eigenvalue weighted by molar-refractivity contribution is -0.659. The molecular formula is C25H23NP+. The Bertz CT molecular complexity index is 1290. The molecule has 1 aromatic heterocycles. The molecule has 1 aliphatic heterocycles. The summed E-state index contributed by atoms with van der Waals surface area (Å²) in [7, 11) is 1.88. The van der Waals surface area contributed by atoms with E-state index < -0.39 is 0 Å². The van der Waals surface area contributed by atoms with Gasteiger partial charge >= 0.3 is 0 Å². The van der Waals surface area contributed by atoms with Crippen LogP contribution in [0.15, 0.2) is 48.7 Å². The van der Waals surface area contributed by atoms with Crippen molar-refractivity contribution in [1.29, 1.82) is 0 Å². The minimum atomic E-state index is -0.333. The molecule has 2 aliphatic rings. The molecule has 0 saturated carbocycles. The molecule has 0 saturated heterocycles. The molecule has 0 bridgehead atoms. The number of aromatic nitrogens is 1. The van der Waals surface area contributed by atoms with Crippen LogP contribution in [-0.2, 0) is 19.9 Å². The third-order valence-corrected chi connectivity index (χ3v) is 8.96. The summed E-state index contributed by atoms with van der Waals surface area (Å²) in [6.07, 6.45) is 5.97. The number of nitrogens with zero attached hydrogens (tertiary/aromatic N) is 1. The topological polar surface area (TPSA) is 3.88 Å². The van der Waals surface area contributed by atoms with Crippen LogP contribution in [0.25, 0.3) is 32.8 Å². The Morgan fingerprint density at radius 2 is 1.81 bits per heavy atom. The van der Waals surface area contributed by atoms with E-state index in [1.165, 1.54) is 52.2 Å². The first-order chi connectivity index (χ1) is 13.2. The summed E-state index contributed by atoms with van der Waals surface area (Å²) in [5, 5.41) is 9.11. The van der Waals surface area contributed by atoms with Gasteiger partial charge in [-0.2, -0.15) is 0 Å². The van der Waals surface area contributed by atoms with Crippen molar-refractivity contribution in [2.45, 2.75) is 26.2 Å². The van der Waals surface area contributed by atoms with Crippen molar-refractivity contribution < 1.29 is 4.57 Å². The van der Waals surface area contributed by atoms with Crippen LogP contribution in [0.4, 0.5) is 0 Å². The maximum absolute atomic E-state index is 2.48. The lowest BCUT2D eigenvalue weighted by Crippen LogP contribution is -2.37. The molecule has 1 nitrogen and oxygen atoms in total. The van der Waals surface area contributed by atoms with Crippen molar-refractivity contribution in [3.8, 4) is 11.3 Å². The van der Waals surface area contributed by atoms with Crippen LogP contribution >= 0.6 is 7.92 Å². The summed E-state index contributed by atoms with van der Waals surface area (Å²) in [6, 6.07) is 16.1. The lowest BCUT2D eigenvalue weighted by Gasteiger charge is -2.31. The summed E-state index contributed by atoms with van der Waals surface area (Å²) in [6.45, 7) is 4.84. The van der Waals surface area contributed by atoms with E-state index in [4.69, 9.17) is 0 Å².